The van der Waals surface area contributed by atoms with Crippen molar-refractivity contribution in [1.82, 2.24) is 15.8 Å². The van der Waals surface area contributed by atoms with Gasteiger partial charge in [-0.05, 0) is 40.0 Å². The number of hydroxylamine groups is 2. The van der Waals surface area contributed by atoms with Crippen LogP contribution >= 0.6 is 0 Å². The minimum absolute atomic E-state index is 0.0616. The lowest BCUT2D eigenvalue weighted by molar-refractivity contribution is -0.525. The van der Waals surface area contributed by atoms with Crippen LogP contribution in [0.15, 0.2) is 4.99 Å². The third kappa shape index (κ3) is 9.16. The van der Waals surface area contributed by atoms with Crippen LogP contribution in [0.2, 0.25) is 0 Å². The summed E-state index contributed by atoms with van der Waals surface area (Å²) in [6, 6.07) is -1.20. The van der Waals surface area contributed by atoms with Crippen LogP contribution in [0.4, 0.5) is 4.79 Å². The zero-order valence-electron chi connectivity index (χ0n) is 17.0. The summed E-state index contributed by atoms with van der Waals surface area (Å²) < 4.78 is 5.11. The first-order chi connectivity index (χ1) is 13.9. The van der Waals surface area contributed by atoms with Crippen LogP contribution in [0.1, 0.15) is 52.9 Å². The van der Waals surface area contributed by atoms with Crippen molar-refractivity contribution >= 4 is 29.8 Å². The van der Waals surface area contributed by atoms with Crippen LogP contribution in [-0.4, -0.2) is 58.1 Å². The Labute approximate surface area is 172 Å². The molecule has 14 nitrogen and oxygen atoms in total. The smallest absolute Gasteiger partial charge is 0.408 e. The zero-order chi connectivity index (χ0) is 22.9. The quantitative estimate of drug-likeness (QED) is 0.110. The number of hydrogen-bond donors (Lipinski definition) is 3. The molecule has 0 unspecified atom stereocenters. The van der Waals surface area contributed by atoms with Gasteiger partial charge in [0, 0.05) is 19.4 Å². The fourth-order valence-electron chi connectivity index (χ4n) is 2.30. The van der Waals surface area contributed by atoms with E-state index in [4.69, 9.17) is 15.3 Å². The Morgan fingerprint density at radius 1 is 1.27 bits per heavy atom. The number of carbonyl (C=O) groups is 4. The second-order valence-electron chi connectivity index (χ2n) is 7.32. The number of guanidine groups is 1. The highest BCUT2D eigenvalue weighted by molar-refractivity contribution is 6.01. The number of nitro groups is 1. The second-order valence-corrected chi connectivity index (χ2v) is 7.32. The van der Waals surface area contributed by atoms with Crippen LogP contribution in [0.5, 0.6) is 0 Å². The Morgan fingerprint density at radius 3 is 2.40 bits per heavy atom. The Kier molecular flexibility index (Phi) is 8.95. The van der Waals surface area contributed by atoms with Gasteiger partial charge in [0.25, 0.3) is 17.8 Å². The SMILES string of the molecule is CC(C)(C)OC(=O)N[C@@H](CCCCN=C(N)N[N+](=O)[O-])C(=O)ON1C(=O)CCC1=O. The van der Waals surface area contributed by atoms with Gasteiger partial charge in [-0.3, -0.25) is 9.59 Å². The first kappa shape index (κ1) is 24.6. The number of rotatable bonds is 9. The number of nitrogens with two attached hydrogens (primary N) is 1. The van der Waals surface area contributed by atoms with E-state index in [0.29, 0.717) is 17.9 Å². The number of hydrazine groups is 1. The van der Waals surface area contributed by atoms with Gasteiger partial charge in [-0.1, -0.05) is 5.43 Å². The number of imide groups is 1. The molecular formula is C16H26N6O8. The highest BCUT2D eigenvalue weighted by atomic mass is 16.7. The van der Waals surface area contributed by atoms with E-state index in [9.17, 15) is 29.3 Å². The van der Waals surface area contributed by atoms with Gasteiger partial charge in [-0.15, -0.1) is 5.06 Å². The lowest BCUT2D eigenvalue weighted by atomic mass is 10.1. The average molecular weight is 430 g/mol. The maximum atomic E-state index is 12.4. The van der Waals surface area contributed by atoms with E-state index in [2.05, 4.69) is 10.3 Å². The largest absolute Gasteiger partial charge is 0.444 e. The molecule has 0 spiro atoms. The minimum atomic E-state index is -1.20. The van der Waals surface area contributed by atoms with E-state index < -0.39 is 40.6 Å². The highest BCUT2D eigenvalue weighted by Gasteiger charge is 2.35. The number of nitrogens with zero attached hydrogens (tertiary/aromatic N) is 3. The van der Waals surface area contributed by atoms with Crippen LogP contribution in [0, 0.1) is 10.1 Å². The van der Waals surface area contributed by atoms with Gasteiger partial charge in [0.1, 0.15) is 11.6 Å². The molecule has 0 aromatic heterocycles. The lowest BCUT2D eigenvalue weighted by Gasteiger charge is -2.23. The van der Waals surface area contributed by atoms with Crippen molar-refractivity contribution in [1.29, 1.82) is 0 Å². The number of hydrogen-bond acceptors (Lipinski definition) is 9. The van der Waals surface area contributed by atoms with Crippen molar-refractivity contribution in [2.45, 2.75) is 64.5 Å². The molecule has 168 valence electrons. The molecule has 1 fully saturated rings. The van der Waals surface area contributed by atoms with Crippen molar-refractivity contribution in [2.75, 3.05) is 6.54 Å². The summed E-state index contributed by atoms with van der Waals surface area (Å²) >= 11 is 0. The topological polar surface area (TPSA) is 196 Å². The summed E-state index contributed by atoms with van der Waals surface area (Å²) in [6.45, 7) is 5.05. The molecule has 3 amide bonds. The summed E-state index contributed by atoms with van der Waals surface area (Å²) in [4.78, 5) is 66.5. The minimum Gasteiger partial charge on any atom is -0.444 e. The van der Waals surface area contributed by atoms with Crippen LogP contribution in [-0.2, 0) is 24.0 Å². The molecule has 0 saturated carbocycles. The number of alkyl carbamates (subject to hydrolysis) is 1. The van der Waals surface area contributed by atoms with Gasteiger partial charge < -0.3 is 20.6 Å². The molecule has 0 aromatic carbocycles. The predicted molar refractivity (Wildman–Crippen MR) is 101 cm³/mol. The number of carbonyl (C=O) groups excluding carboxylic acids is 4. The van der Waals surface area contributed by atoms with Crippen molar-refractivity contribution in [3.63, 3.8) is 0 Å². The normalized spacial score (nSPS) is 15.6. The van der Waals surface area contributed by atoms with Gasteiger partial charge in [0.2, 0.25) is 0 Å². The predicted octanol–water partition coefficient (Wildman–Crippen LogP) is -0.247. The third-order valence-electron chi connectivity index (χ3n) is 3.55. The Hall–Kier alpha value is -3.45. The first-order valence-electron chi connectivity index (χ1n) is 9.17. The standard InChI is InChI=1S/C16H26N6O8/c1-16(2,3)29-15(26)19-10(6-4-5-9-18-14(17)20-22(27)28)13(25)30-21-11(23)7-8-12(21)24/h10H,4-9H2,1-3H3,(H,19,26)(H3,17,18,20)/t10-/m0/s1. The number of amides is 3. The summed E-state index contributed by atoms with van der Waals surface area (Å²) in [7, 11) is 0. The van der Waals surface area contributed by atoms with Crippen LogP contribution < -0.4 is 16.5 Å². The van der Waals surface area contributed by atoms with Crippen molar-refractivity contribution in [3.8, 4) is 0 Å². The molecule has 0 bridgehead atoms. The van der Waals surface area contributed by atoms with Gasteiger partial charge in [-0.25, -0.2) is 24.7 Å². The van der Waals surface area contributed by atoms with E-state index in [1.807, 2.05) is 0 Å². The molecule has 1 rings (SSSR count). The lowest BCUT2D eigenvalue weighted by Crippen LogP contribution is -2.46. The maximum Gasteiger partial charge on any atom is 0.408 e. The van der Waals surface area contributed by atoms with Gasteiger partial charge >= 0.3 is 12.1 Å². The van der Waals surface area contributed by atoms with E-state index in [-0.39, 0.29) is 31.8 Å². The number of ether oxygens (including phenoxy) is 1. The molecule has 1 aliphatic heterocycles. The first-order valence-corrected chi connectivity index (χ1v) is 9.17. The van der Waals surface area contributed by atoms with Crippen LogP contribution in [0.25, 0.3) is 0 Å². The average Bonchev–Trinajstić information content (AvgIpc) is 2.90. The molecule has 1 aliphatic rings. The number of unbranched alkanes of at least 4 members (excludes halogenated alkanes) is 1. The molecule has 30 heavy (non-hydrogen) atoms. The van der Waals surface area contributed by atoms with Gasteiger partial charge in [0.15, 0.2) is 5.03 Å². The Balaban J connectivity index is 2.66. The molecular weight excluding hydrogens is 404 g/mol. The molecule has 1 heterocycles. The molecule has 1 atom stereocenters. The molecule has 0 radical (unpaired) electrons. The number of nitrogens with one attached hydrogen (secondary N) is 2. The third-order valence-corrected chi connectivity index (χ3v) is 3.55. The second kappa shape index (κ2) is 10.9. The van der Waals surface area contributed by atoms with Crippen LogP contribution in [0.3, 0.4) is 0 Å². The van der Waals surface area contributed by atoms with E-state index in [1.54, 1.807) is 26.2 Å². The molecule has 0 aliphatic carbocycles. The Morgan fingerprint density at radius 2 is 1.87 bits per heavy atom. The zero-order valence-corrected chi connectivity index (χ0v) is 17.0. The van der Waals surface area contributed by atoms with Gasteiger partial charge in [-0.2, -0.15) is 0 Å². The van der Waals surface area contributed by atoms with Crippen molar-refractivity contribution in [3.05, 3.63) is 10.1 Å². The molecule has 1 saturated heterocycles. The van der Waals surface area contributed by atoms with Crippen molar-refractivity contribution in [2.24, 2.45) is 10.7 Å². The molecule has 4 N–H and O–H groups in total. The van der Waals surface area contributed by atoms with Crippen molar-refractivity contribution < 1.29 is 33.8 Å². The molecule has 0 aromatic rings. The Bertz CT molecular complexity index is 701. The summed E-state index contributed by atoms with van der Waals surface area (Å²) in [5, 5.41) is 12.1. The van der Waals surface area contributed by atoms with E-state index in [1.165, 1.54) is 0 Å². The summed E-state index contributed by atoms with van der Waals surface area (Å²) in [6.07, 6.45) is -0.205. The number of aliphatic imine (C=N–C) groups is 1. The molecule has 14 heteroatoms. The van der Waals surface area contributed by atoms with E-state index >= 15 is 0 Å². The van der Waals surface area contributed by atoms with E-state index in [0.717, 1.165) is 0 Å². The monoisotopic (exact) mass is 430 g/mol. The summed E-state index contributed by atoms with van der Waals surface area (Å²) in [5.41, 5.74) is 6.17. The highest BCUT2D eigenvalue weighted by Crippen LogP contribution is 2.14. The summed E-state index contributed by atoms with van der Waals surface area (Å²) in [5.74, 6) is -2.66. The van der Waals surface area contributed by atoms with Gasteiger partial charge in [0.05, 0.1) is 0 Å². The maximum absolute atomic E-state index is 12.4. The fourth-order valence-corrected chi connectivity index (χ4v) is 2.30. The fraction of sp³-hybridized carbons (Fsp3) is 0.688.